The van der Waals surface area contributed by atoms with Gasteiger partial charge in [-0.2, -0.15) is 0 Å². The van der Waals surface area contributed by atoms with Gasteiger partial charge in [0, 0.05) is 5.75 Å². The second-order valence-electron chi connectivity index (χ2n) is 4.40. The van der Waals surface area contributed by atoms with E-state index >= 15 is 0 Å². The number of aliphatic hydroxyl groups is 1. The first kappa shape index (κ1) is 14.6. The van der Waals surface area contributed by atoms with Crippen LogP contribution in [-0.2, 0) is 9.53 Å². The Labute approximate surface area is 121 Å². The lowest BCUT2D eigenvalue weighted by Crippen LogP contribution is -2.17. The summed E-state index contributed by atoms with van der Waals surface area (Å²) in [6.45, 7) is 5.07. The number of para-hydroxylation sites is 2. The molecule has 0 fully saturated rings. The minimum atomic E-state index is -0.778. The molecule has 1 aromatic carbocycles. The molecule has 106 valence electrons. The van der Waals surface area contributed by atoms with E-state index in [0.717, 1.165) is 16.2 Å². The second-order valence-corrected chi connectivity index (χ2v) is 5.41. The number of rotatable bonds is 6. The maximum absolute atomic E-state index is 11.3. The number of nitrogens with one attached hydrogen (secondary N) is 1. The Balaban J connectivity index is 1.85. The fourth-order valence-electron chi connectivity index (χ4n) is 1.66. The van der Waals surface area contributed by atoms with E-state index in [9.17, 15) is 9.90 Å². The molecule has 0 aliphatic heterocycles. The number of imidazole rings is 1. The Kier molecular flexibility index (Phi) is 4.81. The molecule has 20 heavy (non-hydrogen) atoms. The Morgan fingerprint density at radius 1 is 1.55 bits per heavy atom. The molecule has 1 heterocycles. The minimum absolute atomic E-state index is 0.0555. The van der Waals surface area contributed by atoms with Crippen molar-refractivity contribution in [1.29, 1.82) is 0 Å². The third kappa shape index (κ3) is 4.11. The van der Waals surface area contributed by atoms with Gasteiger partial charge in [0.2, 0.25) is 0 Å². The summed E-state index contributed by atoms with van der Waals surface area (Å²) < 4.78 is 4.79. The zero-order chi connectivity index (χ0) is 14.5. The van der Waals surface area contributed by atoms with Gasteiger partial charge in [0.15, 0.2) is 5.16 Å². The fraction of sp³-hybridized carbons (Fsp3) is 0.286. The molecule has 0 amide bonds. The van der Waals surface area contributed by atoms with Gasteiger partial charge in [-0.1, -0.05) is 30.5 Å². The molecule has 0 aliphatic carbocycles. The number of aromatic nitrogens is 2. The van der Waals surface area contributed by atoms with Crippen molar-refractivity contribution >= 4 is 28.8 Å². The predicted octanol–water partition coefficient (Wildman–Crippen LogP) is 2.48. The summed E-state index contributed by atoms with van der Waals surface area (Å²) in [6.07, 6.45) is -0.833. The van der Waals surface area contributed by atoms with Crippen LogP contribution in [0.25, 0.3) is 11.0 Å². The highest BCUT2D eigenvalue weighted by molar-refractivity contribution is 7.99. The molecule has 0 aliphatic rings. The van der Waals surface area contributed by atoms with Gasteiger partial charge in [0.25, 0.3) is 0 Å². The van der Waals surface area contributed by atoms with Crippen LogP contribution in [0.3, 0.4) is 0 Å². The molecular weight excluding hydrogens is 276 g/mol. The summed E-state index contributed by atoms with van der Waals surface area (Å²) in [4.78, 5) is 18.9. The first-order chi connectivity index (χ1) is 9.54. The van der Waals surface area contributed by atoms with Crippen molar-refractivity contribution in [3.63, 3.8) is 0 Å². The molecule has 6 heteroatoms. The van der Waals surface area contributed by atoms with Crippen molar-refractivity contribution in [2.24, 2.45) is 0 Å². The average Bonchev–Trinajstić information content (AvgIpc) is 2.77. The van der Waals surface area contributed by atoms with Gasteiger partial charge in [-0.05, 0) is 19.1 Å². The van der Waals surface area contributed by atoms with E-state index in [-0.39, 0.29) is 6.42 Å². The summed E-state index contributed by atoms with van der Waals surface area (Å²) >= 11 is 1.37. The zero-order valence-corrected chi connectivity index (χ0v) is 11.9. The van der Waals surface area contributed by atoms with Crippen LogP contribution >= 0.6 is 11.8 Å². The van der Waals surface area contributed by atoms with E-state index in [1.54, 1.807) is 6.92 Å². The maximum Gasteiger partial charge on any atom is 0.313 e. The molecule has 2 N–H and O–H groups in total. The summed E-state index contributed by atoms with van der Waals surface area (Å²) in [6, 6.07) is 7.70. The van der Waals surface area contributed by atoms with Gasteiger partial charge in [-0.3, -0.25) is 4.79 Å². The van der Waals surface area contributed by atoms with Crippen molar-refractivity contribution in [3.8, 4) is 0 Å². The number of carbonyl (C=O) groups excluding carboxylic acids is 1. The van der Waals surface area contributed by atoms with Crippen molar-refractivity contribution in [3.05, 3.63) is 36.6 Å². The molecule has 1 unspecified atom stereocenters. The van der Waals surface area contributed by atoms with Gasteiger partial charge in [-0.25, -0.2) is 4.98 Å². The summed E-state index contributed by atoms with van der Waals surface area (Å²) in [5.74, 6) is 0.216. The number of esters is 1. The molecule has 0 saturated heterocycles. The van der Waals surface area contributed by atoms with E-state index in [0.29, 0.717) is 11.5 Å². The molecule has 0 radical (unpaired) electrons. The summed E-state index contributed by atoms with van der Waals surface area (Å²) in [5.41, 5.74) is 1.83. The molecule has 2 rings (SSSR count). The Bertz CT molecular complexity index is 591. The van der Waals surface area contributed by atoms with Crippen LogP contribution in [0.4, 0.5) is 0 Å². The van der Waals surface area contributed by atoms with Crippen LogP contribution < -0.4 is 0 Å². The Morgan fingerprint density at radius 2 is 2.30 bits per heavy atom. The average molecular weight is 292 g/mol. The number of fused-ring (bicyclic) bond motifs is 1. The first-order valence-electron chi connectivity index (χ1n) is 6.16. The van der Waals surface area contributed by atoms with Crippen molar-refractivity contribution in [2.75, 3.05) is 5.75 Å². The van der Waals surface area contributed by atoms with Crippen LogP contribution in [0.5, 0.6) is 0 Å². The highest BCUT2D eigenvalue weighted by atomic mass is 32.2. The zero-order valence-electron chi connectivity index (χ0n) is 11.1. The minimum Gasteiger partial charge on any atom is -0.432 e. The van der Waals surface area contributed by atoms with Crippen molar-refractivity contribution < 1.29 is 14.6 Å². The monoisotopic (exact) mass is 292 g/mol. The number of aromatic amines is 1. The van der Waals surface area contributed by atoms with Gasteiger partial charge >= 0.3 is 5.97 Å². The third-order valence-corrected chi connectivity index (χ3v) is 3.49. The number of benzene rings is 1. The number of hydrogen-bond acceptors (Lipinski definition) is 5. The van der Waals surface area contributed by atoms with E-state index < -0.39 is 12.1 Å². The number of ether oxygens (including phenoxy) is 1. The number of allylic oxidation sites excluding steroid dienone is 1. The maximum atomic E-state index is 11.3. The molecule has 0 spiro atoms. The van der Waals surface area contributed by atoms with Crippen LogP contribution in [0.1, 0.15) is 13.3 Å². The second kappa shape index (κ2) is 6.58. The summed E-state index contributed by atoms with van der Waals surface area (Å²) in [5, 5.41) is 10.5. The standard InChI is InChI=1S/C14H16N2O3S/c1-9(2)19-13(18)7-10(17)8-20-14-15-11-5-3-4-6-12(11)16-14/h3-6,10,17H,1,7-8H2,2H3,(H,15,16). The highest BCUT2D eigenvalue weighted by Crippen LogP contribution is 2.20. The van der Waals surface area contributed by atoms with E-state index in [4.69, 9.17) is 4.74 Å². The highest BCUT2D eigenvalue weighted by Gasteiger charge is 2.14. The molecule has 1 aromatic heterocycles. The Hall–Kier alpha value is -1.79. The number of H-pyrrole nitrogens is 1. The molecule has 0 saturated carbocycles. The quantitative estimate of drug-likeness (QED) is 0.486. The number of carbonyl (C=O) groups is 1. The van der Waals surface area contributed by atoms with Crippen molar-refractivity contribution in [2.45, 2.75) is 24.6 Å². The number of aliphatic hydroxyl groups excluding tert-OH is 1. The van der Waals surface area contributed by atoms with E-state index in [1.165, 1.54) is 11.8 Å². The number of thioether (sulfide) groups is 1. The SMILES string of the molecule is C=C(C)OC(=O)CC(O)CSc1nc2ccccc2[nH]1. The molecule has 0 bridgehead atoms. The topological polar surface area (TPSA) is 75.2 Å². The number of hydrogen-bond donors (Lipinski definition) is 2. The van der Waals surface area contributed by atoms with Gasteiger partial charge < -0.3 is 14.8 Å². The lowest BCUT2D eigenvalue weighted by atomic mass is 10.3. The largest absolute Gasteiger partial charge is 0.432 e. The van der Waals surface area contributed by atoms with Crippen LogP contribution in [0.15, 0.2) is 41.8 Å². The van der Waals surface area contributed by atoms with E-state index in [1.807, 2.05) is 24.3 Å². The lowest BCUT2D eigenvalue weighted by Gasteiger charge is -2.08. The molecule has 1 atom stereocenters. The van der Waals surface area contributed by atoms with Gasteiger partial charge in [0.05, 0.1) is 29.3 Å². The van der Waals surface area contributed by atoms with Crippen molar-refractivity contribution in [1.82, 2.24) is 9.97 Å². The van der Waals surface area contributed by atoms with Gasteiger partial charge in [0.1, 0.15) is 0 Å². The lowest BCUT2D eigenvalue weighted by molar-refractivity contribution is -0.141. The first-order valence-corrected chi connectivity index (χ1v) is 7.15. The van der Waals surface area contributed by atoms with E-state index in [2.05, 4.69) is 16.5 Å². The molecule has 5 nitrogen and oxygen atoms in total. The predicted molar refractivity (Wildman–Crippen MR) is 78.3 cm³/mol. The molecule has 2 aromatic rings. The third-order valence-electron chi connectivity index (χ3n) is 2.47. The molecular formula is C14H16N2O3S. The Morgan fingerprint density at radius 3 is 3.00 bits per heavy atom. The fourth-order valence-corrected chi connectivity index (χ4v) is 2.47. The van der Waals surface area contributed by atoms with Crippen LogP contribution in [0.2, 0.25) is 0 Å². The normalized spacial score (nSPS) is 12.3. The smallest absolute Gasteiger partial charge is 0.313 e. The van der Waals surface area contributed by atoms with Crippen LogP contribution in [0, 0.1) is 0 Å². The summed E-state index contributed by atoms with van der Waals surface area (Å²) in [7, 11) is 0. The number of nitrogens with zero attached hydrogens (tertiary/aromatic N) is 1. The van der Waals surface area contributed by atoms with Gasteiger partial charge in [-0.15, -0.1) is 0 Å². The van der Waals surface area contributed by atoms with Crippen LogP contribution in [-0.4, -0.2) is 32.9 Å².